The SMILES string of the molecule is CCCCCCCC(NCC)C1(c2ccccc2)CCC1. The minimum atomic E-state index is 0.419. The average Bonchev–Trinajstić information content (AvgIpc) is 2.47. The predicted molar refractivity (Wildman–Crippen MR) is 92.8 cm³/mol. The summed E-state index contributed by atoms with van der Waals surface area (Å²) in [7, 11) is 0. The summed E-state index contributed by atoms with van der Waals surface area (Å²) in [5, 5.41) is 3.81. The molecule has 1 fully saturated rings. The van der Waals surface area contributed by atoms with Crippen molar-refractivity contribution in [3.8, 4) is 0 Å². The van der Waals surface area contributed by atoms with Crippen LogP contribution in [0, 0.1) is 0 Å². The summed E-state index contributed by atoms with van der Waals surface area (Å²) in [5.41, 5.74) is 1.98. The number of hydrogen-bond acceptors (Lipinski definition) is 1. The lowest BCUT2D eigenvalue weighted by Crippen LogP contribution is -2.52. The normalized spacial score (nSPS) is 18.2. The van der Waals surface area contributed by atoms with Crippen molar-refractivity contribution >= 4 is 0 Å². The Bertz CT molecular complexity index is 380. The van der Waals surface area contributed by atoms with E-state index in [1.807, 2.05) is 0 Å². The van der Waals surface area contributed by atoms with E-state index < -0.39 is 0 Å². The zero-order valence-corrected chi connectivity index (χ0v) is 14.0. The van der Waals surface area contributed by atoms with Crippen molar-refractivity contribution in [2.24, 2.45) is 0 Å². The van der Waals surface area contributed by atoms with Gasteiger partial charge in [0.05, 0.1) is 0 Å². The van der Waals surface area contributed by atoms with E-state index in [0.29, 0.717) is 11.5 Å². The number of benzene rings is 1. The van der Waals surface area contributed by atoms with Crippen LogP contribution in [0.1, 0.15) is 77.2 Å². The third kappa shape index (κ3) is 4.10. The first-order valence-electron chi connectivity index (χ1n) is 9.12. The van der Waals surface area contributed by atoms with Gasteiger partial charge >= 0.3 is 0 Å². The molecule has 1 aliphatic carbocycles. The number of unbranched alkanes of at least 4 members (excludes halogenated alkanes) is 4. The second-order valence-electron chi connectivity index (χ2n) is 6.69. The Morgan fingerprint density at radius 2 is 1.71 bits per heavy atom. The van der Waals surface area contributed by atoms with Gasteiger partial charge in [0.15, 0.2) is 0 Å². The minimum Gasteiger partial charge on any atom is -0.313 e. The quantitative estimate of drug-likeness (QED) is 0.564. The van der Waals surface area contributed by atoms with Gasteiger partial charge < -0.3 is 5.32 Å². The predicted octanol–water partition coefficient (Wildman–Crippen LogP) is 5.45. The Kier molecular flexibility index (Phi) is 6.76. The molecule has 0 amide bonds. The molecule has 1 unspecified atom stereocenters. The van der Waals surface area contributed by atoms with Crippen LogP contribution < -0.4 is 5.32 Å². The summed E-state index contributed by atoms with van der Waals surface area (Å²) in [6.07, 6.45) is 12.4. The Balaban J connectivity index is 1.98. The van der Waals surface area contributed by atoms with Gasteiger partial charge in [-0.3, -0.25) is 0 Å². The molecule has 1 heteroatoms. The molecule has 0 aromatic heterocycles. The molecule has 1 atom stereocenters. The van der Waals surface area contributed by atoms with Gasteiger partial charge in [0.1, 0.15) is 0 Å². The van der Waals surface area contributed by atoms with E-state index in [2.05, 4.69) is 49.5 Å². The molecule has 1 saturated carbocycles. The van der Waals surface area contributed by atoms with Crippen LogP contribution in [0.15, 0.2) is 30.3 Å². The first-order chi connectivity index (χ1) is 10.3. The molecule has 1 N–H and O–H groups in total. The highest BCUT2D eigenvalue weighted by atomic mass is 14.9. The van der Waals surface area contributed by atoms with Gasteiger partial charge in [-0.1, -0.05) is 82.7 Å². The van der Waals surface area contributed by atoms with Crippen LogP contribution >= 0.6 is 0 Å². The highest BCUT2D eigenvalue weighted by Gasteiger charge is 2.44. The van der Waals surface area contributed by atoms with Gasteiger partial charge in [-0.25, -0.2) is 0 Å². The molecule has 0 spiro atoms. The smallest absolute Gasteiger partial charge is 0.0164 e. The molecular formula is C20H33N. The lowest BCUT2D eigenvalue weighted by atomic mass is 9.59. The molecule has 0 bridgehead atoms. The Morgan fingerprint density at radius 3 is 2.29 bits per heavy atom. The first-order valence-corrected chi connectivity index (χ1v) is 9.12. The maximum atomic E-state index is 3.81. The van der Waals surface area contributed by atoms with E-state index in [1.165, 1.54) is 57.8 Å². The standard InChI is InChI=1S/C20H33N/c1-3-5-6-7-11-15-19(21-4-2)20(16-12-17-20)18-13-9-8-10-14-18/h8-10,13-14,19,21H,3-7,11-12,15-17H2,1-2H3. The van der Waals surface area contributed by atoms with Crippen molar-refractivity contribution in [1.82, 2.24) is 5.32 Å². The number of hydrogen-bond donors (Lipinski definition) is 1. The van der Waals surface area contributed by atoms with Crippen molar-refractivity contribution in [3.05, 3.63) is 35.9 Å². The van der Waals surface area contributed by atoms with Crippen LogP contribution in [-0.4, -0.2) is 12.6 Å². The highest BCUT2D eigenvalue weighted by Crippen LogP contribution is 2.47. The molecule has 21 heavy (non-hydrogen) atoms. The van der Waals surface area contributed by atoms with E-state index in [0.717, 1.165) is 6.54 Å². The summed E-state index contributed by atoms with van der Waals surface area (Å²) >= 11 is 0. The van der Waals surface area contributed by atoms with E-state index >= 15 is 0 Å². The molecule has 118 valence electrons. The van der Waals surface area contributed by atoms with Gasteiger partial charge in [-0.15, -0.1) is 0 Å². The zero-order chi connectivity index (χ0) is 15.0. The van der Waals surface area contributed by atoms with Gasteiger partial charge in [0.2, 0.25) is 0 Å². The van der Waals surface area contributed by atoms with Crippen molar-refractivity contribution in [3.63, 3.8) is 0 Å². The molecule has 1 aliphatic rings. The largest absolute Gasteiger partial charge is 0.313 e. The van der Waals surface area contributed by atoms with Gasteiger partial charge in [-0.05, 0) is 31.4 Å². The molecule has 0 aliphatic heterocycles. The van der Waals surface area contributed by atoms with Gasteiger partial charge in [0, 0.05) is 11.5 Å². The summed E-state index contributed by atoms with van der Waals surface area (Å²) in [6.45, 7) is 5.63. The number of nitrogens with one attached hydrogen (secondary N) is 1. The zero-order valence-electron chi connectivity index (χ0n) is 14.0. The molecule has 0 heterocycles. The minimum absolute atomic E-state index is 0.419. The summed E-state index contributed by atoms with van der Waals surface area (Å²) in [6, 6.07) is 11.9. The molecule has 1 aromatic carbocycles. The molecule has 1 nitrogen and oxygen atoms in total. The Hall–Kier alpha value is -0.820. The summed E-state index contributed by atoms with van der Waals surface area (Å²) < 4.78 is 0. The second-order valence-corrected chi connectivity index (χ2v) is 6.69. The topological polar surface area (TPSA) is 12.0 Å². The van der Waals surface area contributed by atoms with Crippen molar-refractivity contribution in [2.75, 3.05) is 6.54 Å². The van der Waals surface area contributed by atoms with E-state index in [-0.39, 0.29) is 0 Å². The van der Waals surface area contributed by atoms with Crippen LogP contribution in [0.4, 0.5) is 0 Å². The van der Waals surface area contributed by atoms with Crippen LogP contribution in [0.2, 0.25) is 0 Å². The third-order valence-corrected chi connectivity index (χ3v) is 5.31. The first kappa shape index (κ1) is 16.5. The lowest BCUT2D eigenvalue weighted by molar-refractivity contribution is 0.160. The molecule has 0 saturated heterocycles. The molecule has 2 rings (SSSR count). The van der Waals surface area contributed by atoms with Crippen LogP contribution in [0.3, 0.4) is 0 Å². The van der Waals surface area contributed by atoms with E-state index in [9.17, 15) is 0 Å². The van der Waals surface area contributed by atoms with Crippen molar-refractivity contribution in [2.45, 2.75) is 83.1 Å². The van der Waals surface area contributed by atoms with Gasteiger partial charge in [-0.2, -0.15) is 0 Å². The van der Waals surface area contributed by atoms with Gasteiger partial charge in [0.25, 0.3) is 0 Å². The molecule has 1 aromatic rings. The monoisotopic (exact) mass is 287 g/mol. The number of likely N-dealkylation sites (N-methyl/N-ethyl adjacent to an activating group) is 1. The summed E-state index contributed by atoms with van der Waals surface area (Å²) in [4.78, 5) is 0. The number of rotatable bonds is 10. The lowest BCUT2D eigenvalue weighted by Gasteiger charge is -2.49. The van der Waals surface area contributed by atoms with E-state index in [1.54, 1.807) is 5.56 Å². The Labute approximate surface area is 131 Å². The second kappa shape index (κ2) is 8.58. The van der Waals surface area contributed by atoms with Crippen LogP contribution in [-0.2, 0) is 5.41 Å². The van der Waals surface area contributed by atoms with Crippen LogP contribution in [0.5, 0.6) is 0 Å². The highest BCUT2D eigenvalue weighted by molar-refractivity contribution is 5.30. The van der Waals surface area contributed by atoms with Crippen molar-refractivity contribution in [1.29, 1.82) is 0 Å². The maximum Gasteiger partial charge on any atom is 0.0164 e. The Morgan fingerprint density at radius 1 is 1.00 bits per heavy atom. The fraction of sp³-hybridized carbons (Fsp3) is 0.700. The average molecular weight is 287 g/mol. The third-order valence-electron chi connectivity index (χ3n) is 5.31. The summed E-state index contributed by atoms with van der Waals surface area (Å²) in [5.74, 6) is 0. The van der Waals surface area contributed by atoms with Crippen LogP contribution in [0.25, 0.3) is 0 Å². The molecule has 0 radical (unpaired) electrons. The fourth-order valence-electron chi connectivity index (χ4n) is 3.94. The fourth-order valence-corrected chi connectivity index (χ4v) is 3.94. The van der Waals surface area contributed by atoms with E-state index in [4.69, 9.17) is 0 Å². The van der Waals surface area contributed by atoms with Crippen molar-refractivity contribution < 1.29 is 0 Å². The molecular weight excluding hydrogens is 254 g/mol. The maximum absolute atomic E-state index is 3.81.